The Bertz CT molecular complexity index is 596. The van der Waals surface area contributed by atoms with Crippen molar-refractivity contribution in [3.05, 3.63) is 58.6 Å². The van der Waals surface area contributed by atoms with Crippen LogP contribution in [0.25, 0.3) is 0 Å². The molecule has 0 aromatic heterocycles. The van der Waals surface area contributed by atoms with E-state index in [1.165, 1.54) is 11.1 Å². The van der Waals surface area contributed by atoms with Crippen molar-refractivity contribution in [2.45, 2.75) is 27.3 Å². The lowest BCUT2D eigenvalue weighted by Gasteiger charge is -2.12. The van der Waals surface area contributed by atoms with Crippen molar-refractivity contribution in [1.82, 2.24) is 0 Å². The monoisotopic (exact) mass is 303 g/mol. The van der Waals surface area contributed by atoms with Gasteiger partial charge in [0, 0.05) is 17.3 Å². The third kappa shape index (κ3) is 4.98. The van der Waals surface area contributed by atoms with Crippen LogP contribution in [0, 0.1) is 12.8 Å². The van der Waals surface area contributed by atoms with E-state index < -0.39 is 0 Å². The zero-order chi connectivity index (χ0) is 15.2. The van der Waals surface area contributed by atoms with Gasteiger partial charge in [-0.3, -0.25) is 0 Å². The summed E-state index contributed by atoms with van der Waals surface area (Å²) < 4.78 is 5.75. The second kappa shape index (κ2) is 7.37. The quantitative estimate of drug-likeness (QED) is 0.782. The van der Waals surface area contributed by atoms with Gasteiger partial charge in [-0.15, -0.1) is 0 Å². The number of hydrogen-bond donors (Lipinski definition) is 1. The first kappa shape index (κ1) is 15.7. The maximum atomic E-state index is 6.03. The largest absolute Gasteiger partial charge is 0.493 e. The van der Waals surface area contributed by atoms with Crippen LogP contribution in [0.2, 0.25) is 5.02 Å². The number of hydrogen-bond acceptors (Lipinski definition) is 2. The number of rotatable bonds is 6. The highest BCUT2D eigenvalue weighted by atomic mass is 35.5. The van der Waals surface area contributed by atoms with Gasteiger partial charge in [0.15, 0.2) is 0 Å². The average molecular weight is 304 g/mol. The fourth-order valence-corrected chi connectivity index (χ4v) is 2.16. The van der Waals surface area contributed by atoms with Crippen molar-refractivity contribution in [3.63, 3.8) is 0 Å². The maximum Gasteiger partial charge on any atom is 0.119 e. The summed E-state index contributed by atoms with van der Waals surface area (Å²) in [6.45, 7) is 7.85. The van der Waals surface area contributed by atoms with E-state index in [4.69, 9.17) is 16.3 Å². The van der Waals surface area contributed by atoms with E-state index in [2.05, 4.69) is 38.2 Å². The van der Waals surface area contributed by atoms with Crippen molar-refractivity contribution in [2.75, 3.05) is 11.9 Å². The Balaban J connectivity index is 1.99. The smallest absolute Gasteiger partial charge is 0.119 e. The molecular formula is C18H22ClNO. The highest BCUT2D eigenvalue weighted by molar-refractivity contribution is 6.30. The van der Waals surface area contributed by atoms with E-state index in [0.29, 0.717) is 5.92 Å². The van der Waals surface area contributed by atoms with Gasteiger partial charge in [0.1, 0.15) is 5.75 Å². The predicted molar refractivity (Wildman–Crippen MR) is 90.3 cm³/mol. The standard InChI is InChI=1S/C18H22ClNO/c1-13(2)12-21-17-6-4-5-15(9-17)11-20-18-10-16(19)8-7-14(18)3/h4-10,13,20H,11-12H2,1-3H3. The highest BCUT2D eigenvalue weighted by Crippen LogP contribution is 2.21. The first-order chi connectivity index (χ1) is 10.0. The second-order valence-electron chi connectivity index (χ2n) is 5.67. The van der Waals surface area contributed by atoms with Crippen LogP contribution in [0.1, 0.15) is 25.0 Å². The second-order valence-corrected chi connectivity index (χ2v) is 6.10. The summed E-state index contributed by atoms with van der Waals surface area (Å²) in [5.74, 6) is 1.45. The molecule has 0 bridgehead atoms. The molecule has 0 spiro atoms. The molecule has 2 aromatic carbocycles. The number of benzene rings is 2. The van der Waals surface area contributed by atoms with Gasteiger partial charge in [0.25, 0.3) is 0 Å². The molecular weight excluding hydrogens is 282 g/mol. The first-order valence-electron chi connectivity index (χ1n) is 7.26. The Morgan fingerprint density at radius 1 is 1.14 bits per heavy atom. The van der Waals surface area contributed by atoms with Crippen LogP contribution in [0.3, 0.4) is 0 Å². The molecule has 2 rings (SSSR count). The minimum Gasteiger partial charge on any atom is -0.493 e. The third-order valence-electron chi connectivity index (χ3n) is 3.16. The molecule has 0 saturated heterocycles. The van der Waals surface area contributed by atoms with E-state index in [1.54, 1.807) is 0 Å². The summed E-state index contributed by atoms with van der Waals surface area (Å²) in [5, 5.41) is 4.17. The van der Waals surface area contributed by atoms with Crippen molar-refractivity contribution >= 4 is 17.3 Å². The van der Waals surface area contributed by atoms with Crippen LogP contribution in [0.5, 0.6) is 5.75 Å². The highest BCUT2D eigenvalue weighted by Gasteiger charge is 2.02. The predicted octanol–water partition coefficient (Wildman–Crippen LogP) is 5.30. The van der Waals surface area contributed by atoms with Gasteiger partial charge in [-0.25, -0.2) is 0 Å². The summed E-state index contributed by atoms with van der Waals surface area (Å²) in [4.78, 5) is 0. The number of halogens is 1. The Kier molecular flexibility index (Phi) is 5.51. The summed E-state index contributed by atoms with van der Waals surface area (Å²) >= 11 is 6.03. The Morgan fingerprint density at radius 3 is 2.71 bits per heavy atom. The SMILES string of the molecule is Cc1ccc(Cl)cc1NCc1cccc(OCC(C)C)c1. The van der Waals surface area contributed by atoms with Crippen LogP contribution in [-0.4, -0.2) is 6.61 Å². The van der Waals surface area contributed by atoms with Crippen molar-refractivity contribution < 1.29 is 4.74 Å². The van der Waals surface area contributed by atoms with Crippen LogP contribution in [0.4, 0.5) is 5.69 Å². The molecule has 0 fully saturated rings. The molecule has 0 aliphatic rings. The summed E-state index contributed by atoms with van der Waals surface area (Å²) in [6, 6.07) is 14.1. The molecule has 0 heterocycles. The van der Waals surface area contributed by atoms with E-state index in [1.807, 2.05) is 30.3 Å². The zero-order valence-corrected chi connectivity index (χ0v) is 13.6. The van der Waals surface area contributed by atoms with Crippen LogP contribution in [0.15, 0.2) is 42.5 Å². The van der Waals surface area contributed by atoms with Crippen molar-refractivity contribution in [2.24, 2.45) is 5.92 Å². The third-order valence-corrected chi connectivity index (χ3v) is 3.40. The average Bonchev–Trinajstić information content (AvgIpc) is 2.46. The van der Waals surface area contributed by atoms with E-state index in [0.717, 1.165) is 29.6 Å². The number of aryl methyl sites for hydroxylation is 1. The number of nitrogens with one attached hydrogen (secondary N) is 1. The topological polar surface area (TPSA) is 21.3 Å². The molecule has 0 radical (unpaired) electrons. The van der Waals surface area contributed by atoms with E-state index >= 15 is 0 Å². The van der Waals surface area contributed by atoms with Crippen molar-refractivity contribution in [3.8, 4) is 5.75 Å². The molecule has 2 aromatic rings. The molecule has 0 atom stereocenters. The zero-order valence-electron chi connectivity index (χ0n) is 12.8. The van der Waals surface area contributed by atoms with Gasteiger partial charge in [-0.1, -0.05) is 43.6 Å². The Hall–Kier alpha value is -1.67. The minimum absolute atomic E-state index is 0.529. The van der Waals surface area contributed by atoms with Crippen LogP contribution in [-0.2, 0) is 6.54 Å². The number of anilines is 1. The lowest BCUT2D eigenvalue weighted by Crippen LogP contribution is -2.05. The first-order valence-corrected chi connectivity index (χ1v) is 7.64. The molecule has 112 valence electrons. The number of ether oxygens (including phenoxy) is 1. The fourth-order valence-electron chi connectivity index (χ4n) is 1.99. The summed E-state index contributed by atoms with van der Waals surface area (Å²) in [7, 11) is 0. The summed E-state index contributed by atoms with van der Waals surface area (Å²) in [6.07, 6.45) is 0. The molecule has 3 heteroatoms. The summed E-state index contributed by atoms with van der Waals surface area (Å²) in [5.41, 5.74) is 3.44. The minimum atomic E-state index is 0.529. The van der Waals surface area contributed by atoms with Crippen molar-refractivity contribution in [1.29, 1.82) is 0 Å². The van der Waals surface area contributed by atoms with E-state index in [-0.39, 0.29) is 0 Å². The van der Waals surface area contributed by atoms with Gasteiger partial charge < -0.3 is 10.1 Å². The Morgan fingerprint density at radius 2 is 1.95 bits per heavy atom. The molecule has 1 N–H and O–H groups in total. The van der Waals surface area contributed by atoms with Crippen LogP contribution >= 0.6 is 11.6 Å². The lowest BCUT2D eigenvalue weighted by molar-refractivity contribution is 0.271. The van der Waals surface area contributed by atoms with Gasteiger partial charge in [-0.05, 0) is 48.2 Å². The lowest BCUT2D eigenvalue weighted by atomic mass is 10.1. The van der Waals surface area contributed by atoms with E-state index in [9.17, 15) is 0 Å². The fraction of sp³-hybridized carbons (Fsp3) is 0.333. The van der Waals surface area contributed by atoms with Gasteiger partial charge >= 0.3 is 0 Å². The Labute approximate surface area is 132 Å². The molecule has 0 aliphatic carbocycles. The normalized spacial score (nSPS) is 10.7. The van der Waals surface area contributed by atoms with Gasteiger partial charge in [0.2, 0.25) is 0 Å². The molecule has 0 unspecified atom stereocenters. The molecule has 0 amide bonds. The molecule has 2 nitrogen and oxygen atoms in total. The molecule has 0 saturated carbocycles. The van der Waals surface area contributed by atoms with Gasteiger partial charge in [-0.2, -0.15) is 0 Å². The van der Waals surface area contributed by atoms with Gasteiger partial charge in [0.05, 0.1) is 6.61 Å². The molecule has 21 heavy (non-hydrogen) atoms. The molecule has 0 aliphatic heterocycles. The van der Waals surface area contributed by atoms with Crippen LogP contribution < -0.4 is 10.1 Å². The maximum absolute atomic E-state index is 6.03.